The number of halogens is 6. The van der Waals surface area contributed by atoms with Crippen LogP contribution in [0.25, 0.3) is 5.82 Å². The summed E-state index contributed by atoms with van der Waals surface area (Å²) < 4.78 is 84.0. The van der Waals surface area contributed by atoms with E-state index in [1.165, 1.54) is 24.4 Å². The molecule has 14 heteroatoms. The lowest BCUT2D eigenvalue weighted by atomic mass is 9.74. The van der Waals surface area contributed by atoms with Crippen LogP contribution in [0.1, 0.15) is 30.1 Å². The van der Waals surface area contributed by atoms with Crippen LogP contribution in [0.3, 0.4) is 0 Å². The van der Waals surface area contributed by atoms with Crippen LogP contribution >= 0.6 is 0 Å². The van der Waals surface area contributed by atoms with Crippen molar-refractivity contribution in [1.29, 1.82) is 0 Å². The number of rotatable bonds is 7. The fourth-order valence-corrected chi connectivity index (χ4v) is 4.34. The minimum Gasteiger partial charge on any atom is -0.481 e. The van der Waals surface area contributed by atoms with E-state index < -0.39 is 53.5 Å². The number of carboxylic acid groups (broad SMARTS) is 1. The molecule has 3 aromatic rings. The number of carbonyl (C=O) groups is 2. The Morgan fingerprint density at radius 2 is 1.71 bits per heavy atom. The molecule has 1 aliphatic carbocycles. The number of anilines is 2. The average molecular weight is 541 g/mol. The summed E-state index contributed by atoms with van der Waals surface area (Å²) in [5.74, 6) is -3.61. The zero-order chi connectivity index (χ0) is 27.8. The maximum absolute atomic E-state index is 14.0. The third-order valence-electron chi connectivity index (χ3n) is 6.29. The fraction of sp³-hybridized carbons (Fsp3) is 0.333. The second kappa shape index (κ2) is 9.99. The highest BCUT2D eigenvalue weighted by molar-refractivity contribution is 5.83. The number of benzene rings is 1. The van der Waals surface area contributed by atoms with Gasteiger partial charge >= 0.3 is 18.3 Å². The van der Waals surface area contributed by atoms with E-state index in [0.29, 0.717) is 9.58 Å². The molecule has 202 valence electrons. The molecule has 0 aliphatic heterocycles. The molecule has 1 aliphatic rings. The molecule has 2 N–H and O–H groups in total. The van der Waals surface area contributed by atoms with Gasteiger partial charge in [0.2, 0.25) is 5.91 Å². The number of carboxylic acids is 1. The molecule has 0 spiro atoms. The second-order valence-electron chi connectivity index (χ2n) is 8.85. The highest BCUT2D eigenvalue weighted by atomic mass is 19.4. The Bertz CT molecular complexity index is 1300. The van der Waals surface area contributed by atoms with Gasteiger partial charge in [0.05, 0.1) is 17.8 Å². The summed E-state index contributed by atoms with van der Waals surface area (Å²) in [5.41, 5.74) is -1.85. The summed E-state index contributed by atoms with van der Waals surface area (Å²) in [6.07, 6.45) is -7.54. The topological polar surface area (TPSA) is 100 Å². The van der Waals surface area contributed by atoms with Gasteiger partial charge in [0.15, 0.2) is 17.6 Å². The van der Waals surface area contributed by atoms with Gasteiger partial charge in [-0.1, -0.05) is 18.2 Å². The van der Waals surface area contributed by atoms with E-state index in [0.717, 1.165) is 37.5 Å². The van der Waals surface area contributed by atoms with E-state index >= 15 is 0 Å². The van der Waals surface area contributed by atoms with Crippen molar-refractivity contribution in [3.63, 3.8) is 0 Å². The van der Waals surface area contributed by atoms with Crippen LogP contribution in [0.15, 0.2) is 54.9 Å². The van der Waals surface area contributed by atoms with Gasteiger partial charge in [-0.2, -0.15) is 31.4 Å². The van der Waals surface area contributed by atoms with Gasteiger partial charge in [-0.25, -0.2) is 9.67 Å². The van der Waals surface area contributed by atoms with Crippen LogP contribution < -0.4 is 5.32 Å². The van der Waals surface area contributed by atoms with Crippen LogP contribution in [0.5, 0.6) is 0 Å². The lowest BCUT2D eigenvalue weighted by Crippen LogP contribution is -2.46. The Morgan fingerprint density at radius 3 is 2.24 bits per heavy atom. The highest BCUT2D eigenvalue weighted by Gasteiger charge is 2.48. The predicted octanol–water partition coefficient (Wildman–Crippen LogP) is 5.20. The van der Waals surface area contributed by atoms with Crippen LogP contribution in [0.2, 0.25) is 0 Å². The maximum atomic E-state index is 14.0. The lowest BCUT2D eigenvalue weighted by Gasteiger charge is -2.38. The average Bonchev–Trinajstić information content (AvgIpc) is 3.23. The summed E-state index contributed by atoms with van der Waals surface area (Å²) in [6, 6.07) is 6.46. The van der Waals surface area contributed by atoms with Crippen LogP contribution in [-0.4, -0.2) is 49.9 Å². The van der Waals surface area contributed by atoms with Crippen molar-refractivity contribution in [3.8, 4) is 5.82 Å². The molecule has 1 fully saturated rings. The number of amides is 1. The second-order valence-corrected chi connectivity index (χ2v) is 8.85. The van der Waals surface area contributed by atoms with Crippen LogP contribution in [-0.2, 0) is 15.8 Å². The number of hydrogen-bond acceptors (Lipinski definition) is 5. The molecule has 0 bridgehead atoms. The van der Waals surface area contributed by atoms with Gasteiger partial charge in [0.1, 0.15) is 0 Å². The molecule has 0 saturated heterocycles. The predicted molar refractivity (Wildman–Crippen MR) is 122 cm³/mol. The number of carbonyl (C=O) groups excluding carboxylic acids is 1. The minimum absolute atomic E-state index is 0.0420. The largest absolute Gasteiger partial charge is 0.481 e. The van der Waals surface area contributed by atoms with E-state index in [4.69, 9.17) is 5.11 Å². The fourth-order valence-electron chi connectivity index (χ4n) is 4.34. The zero-order valence-electron chi connectivity index (χ0n) is 19.7. The van der Waals surface area contributed by atoms with Gasteiger partial charge in [0.25, 0.3) is 0 Å². The van der Waals surface area contributed by atoms with Gasteiger partial charge in [0, 0.05) is 24.8 Å². The number of aromatic nitrogens is 3. The van der Waals surface area contributed by atoms with Crippen molar-refractivity contribution in [1.82, 2.24) is 19.7 Å². The summed E-state index contributed by atoms with van der Waals surface area (Å²) >= 11 is 0. The van der Waals surface area contributed by atoms with Gasteiger partial charge in [-0.15, -0.1) is 0 Å². The molecule has 1 aromatic carbocycles. The molecule has 1 amide bonds. The molecule has 2 heterocycles. The first-order valence-corrected chi connectivity index (χ1v) is 11.3. The molecule has 4 rings (SSSR count). The van der Waals surface area contributed by atoms with Gasteiger partial charge in [-0.05, 0) is 42.7 Å². The Hall–Kier alpha value is -4.10. The van der Waals surface area contributed by atoms with Crippen molar-refractivity contribution in [2.24, 2.45) is 11.8 Å². The lowest BCUT2D eigenvalue weighted by molar-refractivity contribution is -0.192. The third-order valence-corrected chi connectivity index (χ3v) is 6.29. The third kappa shape index (κ3) is 5.43. The zero-order valence-corrected chi connectivity index (χ0v) is 19.7. The van der Waals surface area contributed by atoms with Gasteiger partial charge < -0.3 is 15.3 Å². The van der Waals surface area contributed by atoms with Crippen molar-refractivity contribution < 1.29 is 41.0 Å². The van der Waals surface area contributed by atoms with E-state index in [9.17, 15) is 35.9 Å². The number of nitrogens with one attached hydrogen (secondary N) is 1. The van der Waals surface area contributed by atoms with Crippen LogP contribution in [0.4, 0.5) is 37.7 Å². The first-order valence-electron chi connectivity index (χ1n) is 11.3. The van der Waals surface area contributed by atoms with E-state index in [-0.39, 0.29) is 29.9 Å². The Labute approximate surface area is 211 Å². The number of alkyl halides is 6. The molecular weight excluding hydrogens is 520 g/mol. The first kappa shape index (κ1) is 26.9. The summed E-state index contributed by atoms with van der Waals surface area (Å²) in [4.78, 5) is 28.0. The van der Waals surface area contributed by atoms with E-state index in [1.807, 2.05) is 0 Å². The van der Waals surface area contributed by atoms with Crippen molar-refractivity contribution >= 4 is 23.3 Å². The number of nitrogens with zero attached hydrogens (tertiary/aromatic N) is 4. The molecule has 38 heavy (non-hydrogen) atoms. The van der Waals surface area contributed by atoms with Crippen LogP contribution in [0, 0.1) is 11.8 Å². The van der Waals surface area contributed by atoms with E-state index in [2.05, 4.69) is 15.4 Å². The van der Waals surface area contributed by atoms with Crippen molar-refractivity contribution in [2.75, 3.05) is 12.4 Å². The molecule has 8 nitrogen and oxygen atoms in total. The number of aliphatic carboxylic acids is 1. The highest BCUT2D eigenvalue weighted by Crippen LogP contribution is 2.42. The Balaban J connectivity index is 1.56. The molecule has 2 aromatic heterocycles. The first-order chi connectivity index (χ1) is 17.8. The number of hydrogen-bond donors (Lipinski definition) is 2. The minimum atomic E-state index is -4.86. The number of pyridine rings is 1. The summed E-state index contributed by atoms with van der Waals surface area (Å²) in [7, 11) is 0.988. The quantitative estimate of drug-likeness (QED) is 0.399. The monoisotopic (exact) mass is 541 g/mol. The summed E-state index contributed by atoms with van der Waals surface area (Å²) in [6.45, 7) is 0. The maximum Gasteiger partial charge on any atom is 0.435 e. The van der Waals surface area contributed by atoms with E-state index in [1.54, 1.807) is 0 Å². The molecule has 1 saturated carbocycles. The molecular formula is C24H21F6N5O3. The SMILES string of the molecule is CN(C(=O)C1CC(C(=O)O)C1)[C@@H](c1ccc(Nc2cnn(-c3ccccn3)c2C(F)(F)F)cc1)C(F)(F)F. The van der Waals surface area contributed by atoms with Gasteiger partial charge in [-0.3, -0.25) is 9.59 Å². The Morgan fingerprint density at radius 1 is 1.05 bits per heavy atom. The molecule has 0 unspecified atom stereocenters. The summed E-state index contributed by atoms with van der Waals surface area (Å²) in [5, 5.41) is 15.2. The smallest absolute Gasteiger partial charge is 0.435 e. The van der Waals surface area contributed by atoms with Crippen molar-refractivity contribution in [3.05, 3.63) is 66.1 Å². The molecule has 1 atom stereocenters. The molecule has 0 radical (unpaired) electrons. The normalized spacial score (nSPS) is 18.4. The Kier molecular flexibility index (Phi) is 7.08. The van der Waals surface area contributed by atoms with Crippen molar-refractivity contribution in [2.45, 2.75) is 31.2 Å². The standard InChI is InChI=1S/C24H21F6N5O3/c1-34(21(36)14-10-15(11-14)22(37)38)19(23(25,26)27)13-5-7-16(8-6-13)33-17-12-32-35(20(17)24(28,29)30)18-4-2-3-9-31-18/h2-9,12,14-15,19,33H,10-11H2,1H3,(H,37,38)/t14?,15?,19-/m0/s1.